The maximum Gasteiger partial charge on any atom is 0.310 e. The summed E-state index contributed by atoms with van der Waals surface area (Å²) >= 11 is 3.93. The Morgan fingerprint density at radius 1 is 1.41 bits per heavy atom. The highest BCUT2D eigenvalue weighted by atomic mass is 32.1. The number of carbonyl (C=O) groups is 2. The van der Waals surface area contributed by atoms with Crippen molar-refractivity contribution in [2.45, 2.75) is 39.0 Å². The Hall–Kier alpha value is -1.82. The van der Waals surface area contributed by atoms with E-state index in [1.165, 1.54) is 0 Å². The number of hydrogen-bond donors (Lipinski definition) is 3. The predicted molar refractivity (Wildman–Crippen MR) is 88.1 cm³/mol. The molecule has 22 heavy (non-hydrogen) atoms. The van der Waals surface area contributed by atoms with Gasteiger partial charge >= 0.3 is 5.97 Å². The van der Waals surface area contributed by atoms with E-state index in [-0.39, 0.29) is 0 Å². The average Bonchev–Trinajstić information content (AvgIpc) is 2.87. The standard InChI is InChI=1S/C16H20N2O3S/c1-3-4-9-16(2,15(20)21)12(14(19)22)13-17-10-7-5-6-8-11(10)18-13/h5-8,12H,3-4,9H2,1-2H3,(H,17,18)(H,19,22)(H,20,21). The minimum atomic E-state index is -1.23. The van der Waals surface area contributed by atoms with Gasteiger partial charge in [-0.1, -0.05) is 31.9 Å². The fourth-order valence-corrected chi connectivity index (χ4v) is 3.13. The number of hydrogen-bond acceptors (Lipinski definition) is 3. The van der Waals surface area contributed by atoms with Gasteiger partial charge in [0, 0.05) is 0 Å². The molecule has 1 aromatic heterocycles. The van der Waals surface area contributed by atoms with Crippen molar-refractivity contribution >= 4 is 34.7 Å². The van der Waals surface area contributed by atoms with E-state index < -0.39 is 22.4 Å². The molecule has 0 fully saturated rings. The number of aromatic amines is 1. The molecule has 2 atom stereocenters. The Morgan fingerprint density at radius 3 is 2.64 bits per heavy atom. The number of imidazole rings is 1. The average molecular weight is 320 g/mol. The second kappa shape index (κ2) is 6.52. The third-order valence-electron chi connectivity index (χ3n) is 4.10. The molecule has 0 aliphatic rings. The Kier molecular flexibility index (Phi) is 4.90. The van der Waals surface area contributed by atoms with Crippen molar-refractivity contribution in [1.82, 2.24) is 9.97 Å². The summed E-state index contributed by atoms with van der Waals surface area (Å²) in [5.74, 6) is -1.55. The molecule has 2 aromatic rings. The zero-order chi connectivity index (χ0) is 16.3. The lowest BCUT2D eigenvalue weighted by molar-refractivity contribution is -0.151. The molecule has 0 saturated carbocycles. The van der Waals surface area contributed by atoms with Crippen LogP contribution in [0.4, 0.5) is 0 Å². The lowest BCUT2D eigenvalue weighted by Gasteiger charge is -2.30. The molecule has 6 heteroatoms. The maximum absolute atomic E-state index is 12.1. The Labute approximate surface area is 134 Å². The number of carboxylic acids is 1. The minimum Gasteiger partial charge on any atom is -0.481 e. The monoisotopic (exact) mass is 320 g/mol. The van der Waals surface area contributed by atoms with Gasteiger partial charge in [-0.15, -0.1) is 12.6 Å². The van der Waals surface area contributed by atoms with Crippen LogP contribution in [-0.4, -0.2) is 26.2 Å². The van der Waals surface area contributed by atoms with E-state index in [9.17, 15) is 14.7 Å². The summed E-state index contributed by atoms with van der Waals surface area (Å²) in [6.45, 7) is 3.58. The number of carbonyl (C=O) groups excluding carboxylic acids is 1. The topological polar surface area (TPSA) is 83.0 Å². The van der Waals surface area contributed by atoms with Crippen LogP contribution in [0.3, 0.4) is 0 Å². The molecule has 0 bridgehead atoms. The van der Waals surface area contributed by atoms with Gasteiger partial charge in [0.15, 0.2) is 5.12 Å². The smallest absolute Gasteiger partial charge is 0.310 e. The Morgan fingerprint density at radius 2 is 2.09 bits per heavy atom. The van der Waals surface area contributed by atoms with E-state index in [1.807, 2.05) is 31.2 Å². The number of rotatable bonds is 7. The molecular weight excluding hydrogens is 300 g/mol. The number of aromatic nitrogens is 2. The number of carboxylic acid groups (broad SMARTS) is 1. The van der Waals surface area contributed by atoms with Gasteiger partial charge in [0.05, 0.1) is 16.4 Å². The molecule has 2 unspecified atom stereocenters. The molecule has 0 spiro atoms. The van der Waals surface area contributed by atoms with Crippen molar-refractivity contribution in [3.8, 4) is 0 Å². The van der Waals surface area contributed by atoms with Crippen molar-refractivity contribution < 1.29 is 14.7 Å². The normalized spacial score (nSPS) is 15.4. The summed E-state index contributed by atoms with van der Waals surface area (Å²) in [6, 6.07) is 7.36. The van der Waals surface area contributed by atoms with E-state index in [4.69, 9.17) is 0 Å². The number of para-hydroxylation sites is 2. The highest BCUT2D eigenvalue weighted by Gasteiger charge is 2.46. The SMILES string of the molecule is CCCCC(C)(C(=O)O)C(C(=O)S)c1nc2ccccc2[nH]1. The van der Waals surface area contributed by atoms with Crippen LogP contribution in [0.25, 0.3) is 11.0 Å². The van der Waals surface area contributed by atoms with Crippen LogP contribution >= 0.6 is 12.6 Å². The van der Waals surface area contributed by atoms with Crippen LogP contribution < -0.4 is 0 Å². The van der Waals surface area contributed by atoms with Crippen molar-refractivity contribution in [3.63, 3.8) is 0 Å². The highest BCUT2D eigenvalue weighted by Crippen LogP contribution is 2.41. The van der Waals surface area contributed by atoms with Crippen molar-refractivity contribution in [1.29, 1.82) is 0 Å². The second-order valence-corrected chi connectivity index (χ2v) is 6.18. The summed E-state index contributed by atoms with van der Waals surface area (Å²) in [5.41, 5.74) is 0.253. The molecule has 2 rings (SSSR count). The van der Waals surface area contributed by atoms with E-state index in [0.717, 1.165) is 18.4 Å². The number of thiol groups is 1. The fraction of sp³-hybridized carbons (Fsp3) is 0.438. The zero-order valence-electron chi connectivity index (χ0n) is 12.7. The summed E-state index contributed by atoms with van der Waals surface area (Å²) in [7, 11) is 0. The van der Waals surface area contributed by atoms with Crippen molar-refractivity contribution in [2.75, 3.05) is 0 Å². The van der Waals surface area contributed by atoms with Crippen LogP contribution in [0.1, 0.15) is 44.9 Å². The predicted octanol–water partition coefficient (Wildman–Crippen LogP) is 3.38. The number of benzene rings is 1. The lowest BCUT2D eigenvalue weighted by Crippen LogP contribution is -2.38. The number of nitrogens with one attached hydrogen (secondary N) is 1. The quantitative estimate of drug-likeness (QED) is 0.683. The molecule has 0 saturated heterocycles. The molecule has 5 nitrogen and oxygen atoms in total. The lowest BCUT2D eigenvalue weighted by atomic mass is 9.73. The van der Waals surface area contributed by atoms with Crippen LogP contribution in [0, 0.1) is 5.41 Å². The molecule has 0 radical (unpaired) electrons. The van der Waals surface area contributed by atoms with Gasteiger partial charge in [-0.2, -0.15) is 0 Å². The number of aliphatic carboxylic acids is 1. The summed E-state index contributed by atoms with van der Waals surface area (Å²) < 4.78 is 0. The minimum absolute atomic E-state index is 0.363. The third-order valence-corrected chi connectivity index (χ3v) is 4.36. The number of fused-ring (bicyclic) bond motifs is 1. The van der Waals surface area contributed by atoms with Crippen LogP contribution in [0.15, 0.2) is 24.3 Å². The van der Waals surface area contributed by atoms with Crippen molar-refractivity contribution in [3.05, 3.63) is 30.1 Å². The molecule has 0 aliphatic carbocycles. The van der Waals surface area contributed by atoms with E-state index in [2.05, 4.69) is 22.6 Å². The van der Waals surface area contributed by atoms with Crippen LogP contribution in [-0.2, 0) is 9.59 Å². The third kappa shape index (κ3) is 3.02. The van der Waals surface area contributed by atoms with Crippen LogP contribution in [0.2, 0.25) is 0 Å². The highest BCUT2D eigenvalue weighted by molar-refractivity contribution is 7.96. The largest absolute Gasteiger partial charge is 0.481 e. The summed E-state index contributed by atoms with van der Waals surface area (Å²) in [5, 5.41) is 9.20. The molecule has 1 aromatic carbocycles. The number of unbranched alkanes of at least 4 members (excludes halogenated alkanes) is 1. The molecule has 0 aliphatic heterocycles. The van der Waals surface area contributed by atoms with Crippen molar-refractivity contribution in [2.24, 2.45) is 5.41 Å². The maximum atomic E-state index is 12.1. The van der Waals surface area contributed by atoms with Crippen LogP contribution in [0.5, 0.6) is 0 Å². The first kappa shape index (κ1) is 16.5. The first-order chi connectivity index (χ1) is 10.4. The molecular formula is C16H20N2O3S. The fourth-order valence-electron chi connectivity index (χ4n) is 2.72. The number of H-pyrrole nitrogens is 1. The van der Waals surface area contributed by atoms with Gasteiger partial charge in [-0.3, -0.25) is 9.59 Å². The van der Waals surface area contributed by atoms with E-state index in [0.29, 0.717) is 17.8 Å². The van der Waals surface area contributed by atoms with Gasteiger partial charge in [0.2, 0.25) is 0 Å². The zero-order valence-corrected chi connectivity index (χ0v) is 13.6. The molecule has 118 valence electrons. The number of nitrogens with zero attached hydrogens (tertiary/aromatic N) is 1. The van der Waals surface area contributed by atoms with Gasteiger partial charge in [-0.25, -0.2) is 4.98 Å². The van der Waals surface area contributed by atoms with Gasteiger partial charge in [0.25, 0.3) is 0 Å². The first-order valence-corrected chi connectivity index (χ1v) is 7.75. The first-order valence-electron chi connectivity index (χ1n) is 7.31. The van der Waals surface area contributed by atoms with E-state index in [1.54, 1.807) is 6.92 Å². The molecule has 0 amide bonds. The van der Waals surface area contributed by atoms with Gasteiger partial charge < -0.3 is 10.1 Å². The summed E-state index contributed by atoms with van der Waals surface area (Å²) in [6.07, 6.45) is 1.98. The van der Waals surface area contributed by atoms with E-state index >= 15 is 0 Å². The van der Waals surface area contributed by atoms with Gasteiger partial charge in [-0.05, 0) is 25.5 Å². The Bertz CT molecular complexity index is 665. The molecule has 1 heterocycles. The molecule has 2 N–H and O–H groups in total. The second-order valence-electron chi connectivity index (χ2n) is 5.74. The van der Waals surface area contributed by atoms with Gasteiger partial charge in [0.1, 0.15) is 11.7 Å². The summed E-state index contributed by atoms with van der Waals surface area (Å²) in [4.78, 5) is 31.4. The Balaban J connectivity index is 2.51.